The van der Waals surface area contributed by atoms with Crippen LogP contribution >= 0.6 is 12.4 Å². The van der Waals surface area contributed by atoms with E-state index >= 15 is 0 Å². The zero-order valence-corrected chi connectivity index (χ0v) is 8.39. The van der Waals surface area contributed by atoms with Crippen molar-refractivity contribution in [3.63, 3.8) is 0 Å². The lowest BCUT2D eigenvalue weighted by Crippen LogP contribution is -2.57. The van der Waals surface area contributed by atoms with Crippen LogP contribution in [0.15, 0.2) is 5.16 Å². The minimum atomic E-state index is 0. The quantitative estimate of drug-likeness (QED) is 0.477. The zero-order valence-electron chi connectivity index (χ0n) is 7.57. The van der Waals surface area contributed by atoms with Gasteiger partial charge in [0.05, 0.1) is 11.3 Å². The Labute approximate surface area is 84.2 Å². The van der Waals surface area contributed by atoms with Gasteiger partial charge < -0.3 is 5.21 Å². The molecule has 2 bridgehead atoms. The minimum Gasteiger partial charge on any atom is -0.411 e. The Morgan fingerprint density at radius 3 is 2.31 bits per heavy atom. The van der Waals surface area contributed by atoms with Crippen molar-refractivity contribution in [2.24, 2.45) is 11.1 Å². The molecule has 3 nitrogen and oxygen atoms in total. The summed E-state index contributed by atoms with van der Waals surface area (Å²) in [4.78, 5) is 2.52. The van der Waals surface area contributed by atoms with E-state index in [0.29, 0.717) is 5.92 Å². The van der Waals surface area contributed by atoms with Crippen LogP contribution in [0, 0.1) is 5.92 Å². The van der Waals surface area contributed by atoms with Crippen LogP contribution in [-0.2, 0) is 0 Å². The fourth-order valence-electron chi connectivity index (χ4n) is 2.99. The van der Waals surface area contributed by atoms with Crippen LogP contribution in [0.5, 0.6) is 0 Å². The maximum absolute atomic E-state index is 8.95. The molecule has 3 aliphatic heterocycles. The van der Waals surface area contributed by atoms with E-state index in [1.165, 1.54) is 38.8 Å². The van der Waals surface area contributed by atoms with Gasteiger partial charge in [0.2, 0.25) is 0 Å². The molecule has 1 aliphatic carbocycles. The average Bonchev–Trinajstić information content (AvgIpc) is 2.88. The topological polar surface area (TPSA) is 35.8 Å². The molecule has 0 aromatic rings. The van der Waals surface area contributed by atoms with E-state index in [-0.39, 0.29) is 17.9 Å². The fourth-order valence-corrected chi connectivity index (χ4v) is 2.99. The summed E-state index contributed by atoms with van der Waals surface area (Å²) in [5, 5.41) is 12.5. The summed E-state index contributed by atoms with van der Waals surface area (Å²) < 4.78 is 0. The highest BCUT2D eigenvalue weighted by Crippen LogP contribution is 2.51. The van der Waals surface area contributed by atoms with Crippen molar-refractivity contribution < 1.29 is 5.21 Å². The molecule has 4 fully saturated rings. The Balaban J connectivity index is 0.000000653. The molecule has 3 heterocycles. The van der Waals surface area contributed by atoms with Crippen LogP contribution in [0.25, 0.3) is 0 Å². The number of hydrogen-bond donors (Lipinski definition) is 1. The molecule has 1 spiro atoms. The van der Waals surface area contributed by atoms with E-state index in [9.17, 15) is 0 Å². The van der Waals surface area contributed by atoms with Crippen LogP contribution < -0.4 is 0 Å². The van der Waals surface area contributed by atoms with Crippen LogP contribution in [0.2, 0.25) is 0 Å². The Morgan fingerprint density at radius 1 is 1.31 bits per heavy atom. The summed E-state index contributed by atoms with van der Waals surface area (Å²) in [5.41, 5.74) is 1.34. The van der Waals surface area contributed by atoms with Crippen molar-refractivity contribution >= 4 is 18.1 Å². The molecule has 1 saturated carbocycles. The number of halogens is 1. The van der Waals surface area contributed by atoms with Crippen molar-refractivity contribution in [3.8, 4) is 0 Å². The predicted molar refractivity (Wildman–Crippen MR) is 52.7 cm³/mol. The van der Waals surface area contributed by atoms with Gasteiger partial charge in [0.1, 0.15) is 0 Å². The van der Waals surface area contributed by atoms with E-state index in [1.54, 1.807) is 0 Å². The zero-order chi connectivity index (χ0) is 8.18. The second kappa shape index (κ2) is 2.85. The summed E-state index contributed by atoms with van der Waals surface area (Å²) in [6.45, 7) is 2.45. The van der Waals surface area contributed by atoms with Crippen molar-refractivity contribution in [1.82, 2.24) is 4.90 Å². The van der Waals surface area contributed by atoms with Gasteiger partial charge >= 0.3 is 0 Å². The summed E-state index contributed by atoms with van der Waals surface area (Å²) in [5.74, 6) is 0.600. The largest absolute Gasteiger partial charge is 0.411 e. The third-order valence-corrected chi connectivity index (χ3v) is 3.80. The smallest absolute Gasteiger partial charge is 0.0805 e. The van der Waals surface area contributed by atoms with Gasteiger partial charge in [0.15, 0.2) is 0 Å². The van der Waals surface area contributed by atoms with Crippen LogP contribution in [0.3, 0.4) is 0 Å². The van der Waals surface area contributed by atoms with Crippen molar-refractivity contribution in [3.05, 3.63) is 0 Å². The second-order valence-corrected chi connectivity index (χ2v) is 4.28. The van der Waals surface area contributed by atoms with Crippen molar-refractivity contribution in [2.75, 3.05) is 13.1 Å². The molecular formula is C9H15ClN2O. The van der Waals surface area contributed by atoms with Crippen LogP contribution in [0.1, 0.15) is 25.7 Å². The molecule has 0 aromatic carbocycles. The summed E-state index contributed by atoms with van der Waals surface area (Å²) in [6, 6.07) is 0. The second-order valence-electron chi connectivity index (χ2n) is 4.28. The number of nitrogens with zero attached hydrogens (tertiary/aromatic N) is 2. The molecule has 0 radical (unpaired) electrons. The van der Waals surface area contributed by atoms with Gasteiger partial charge in [-0.1, -0.05) is 5.16 Å². The standard InChI is InChI=1S/C9H14N2O.ClH/c12-10-8-7-1-5-11(6-2-7)9(8)3-4-9;/h7,12H,1-6H2;1H/b10-8+;. The lowest BCUT2D eigenvalue weighted by atomic mass is 9.80. The van der Waals surface area contributed by atoms with Gasteiger partial charge in [-0.2, -0.15) is 0 Å². The van der Waals surface area contributed by atoms with Gasteiger partial charge in [0, 0.05) is 5.92 Å². The molecule has 0 aromatic heterocycles. The molecule has 0 amide bonds. The monoisotopic (exact) mass is 202 g/mol. The first kappa shape index (κ1) is 9.28. The number of rotatable bonds is 0. The summed E-state index contributed by atoms with van der Waals surface area (Å²) in [7, 11) is 0. The van der Waals surface area contributed by atoms with Gasteiger partial charge in [-0.05, 0) is 38.8 Å². The number of hydrogen-bond acceptors (Lipinski definition) is 3. The lowest BCUT2D eigenvalue weighted by molar-refractivity contribution is 0.125. The summed E-state index contributed by atoms with van der Waals surface area (Å²) in [6.07, 6.45) is 4.87. The first-order valence-electron chi connectivity index (χ1n) is 4.84. The Morgan fingerprint density at radius 2 is 1.92 bits per heavy atom. The fraction of sp³-hybridized carbons (Fsp3) is 0.889. The molecule has 4 heteroatoms. The average molecular weight is 203 g/mol. The van der Waals surface area contributed by atoms with Gasteiger partial charge in [-0.15, -0.1) is 12.4 Å². The van der Waals surface area contributed by atoms with E-state index in [2.05, 4.69) is 10.1 Å². The van der Waals surface area contributed by atoms with Gasteiger partial charge in [-0.3, -0.25) is 4.90 Å². The highest BCUT2D eigenvalue weighted by atomic mass is 35.5. The van der Waals surface area contributed by atoms with Crippen molar-refractivity contribution in [1.29, 1.82) is 0 Å². The van der Waals surface area contributed by atoms with E-state index in [1.807, 2.05) is 0 Å². The first-order chi connectivity index (χ1) is 5.87. The lowest BCUT2D eigenvalue weighted by Gasteiger charge is -2.46. The number of oxime groups is 1. The van der Waals surface area contributed by atoms with E-state index in [4.69, 9.17) is 5.21 Å². The van der Waals surface area contributed by atoms with Crippen molar-refractivity contribution in [2.45, 2.75) is 31.2 Å². The molecule has 0 atom stereocenters. The molecule has 4 aliphatic rings. The molecule has 4 rings (SSSR count). The Hall–Kier alpha value is -0.280. The van der Waals surface area contributed by atoms with Crippen LogP contribution in [-0.4, -0.2) is 34.4 Å². The maximum Gasteiger partial charge on any atom is 0.0805 e. The molecule has 3 saturated heterocycles. The van der Waals surface area contributed by atoms with E-state index < -0.39 is 0 Å². The highest BCUT2D eigenvalue weighted by molar-refractivity contribution is 5.99. The predicted octanol–water partition coefficient (Wildman–Crippen LogP) is 1.50. The van der Waals surface area contributed by atoms with Gasteiger partial charge in [0.25, 0.3) is 0 Å². The van der Waals surface area contributed by atoms with Gasteiger partial charge in [-0.25, -0.2) is 0 Å². The third-order valence-electron chi connectivity index (χ3n) is 3.80. The minimum absolute atomic E-state index is 0. The Bertz CT molecular complexity index is 242. The number of piperidine rings is 3. The molecule has 13 heavy (non-hydrogen) atoms. The number of fused-ring (bicyclic) bond motifs is 2. The first-order valence-corrected chi connectivity index (χ1v) is 4.84. The maximum atomic E-state index is 8.95. The third kappa shape index (κ3) is 1.03. The highest BCUT2D eigenvalue weighted by Gasteiger charge is 2.58. The Kier molecular flexibility index (Phi) is 2.04. The van der Waals surface area contributed by atoms with E-state index in [0.717, 1.165) is 5.71 Å². The molecule has 74 valence electrons. The molecule has 0 unspecified atom stereocenters. The molecule has 1 N–H and O–H groups in total. The normalized spacial score (nSPS) is 42.0. The SMILES string of the molecule is Cl.O/N=C1\C2CCN(CC2)C12CC2. The van der Waals surface area contributed by atoms with Crippen LogP contribution in [0.4, 0.5) is 0 Å². The summed E-state index contributed by atoms with van der Waals surface area (Å²) >= 11 is 0. The molecular weight excluding hydrogens is 188 g/mol.